The van der Waals surface area contributed by atoms with E-state index >= 15 is 0 Å². The summed E-state index contributed by atoms with van der Waals surface area (Å²) in [7, 11) is 1.81. The van der Waals surface area contributed by atoms with Crippen molar-refractivity contribution in [2.24, 2.45) is 0 Å². The lowest BCUT2D eigenvalue weighted by Crippen LogP contribution is -2.17. The molecule has 5 nitrogen and oxygen atoms in total. The molecule has 0 saturated carbocycles. The van der Waals surface area contributed by atoms with Gasteiger partial charge in [0.2, 0.25) is 0 Å². The molecule has 0 amide bonds. The fourth-order valence-electron chi connectivity index (χ4n) is 2.18. The number of anilines is 2. The number of aromatic nitrogens is 1. The van der Waals surface area contributed by atoms with Gasteiger partial charge < -0.3 is 26.2 Å². The Balaban J connectivity index is 2.53. The van der Waals surface area contributed by atoms with Gasteiger partial charge in [-0.2, -0.15) is 0 Å². The van der Waals surface area contributed by atoms with Gasteiger partial charge in [-0.05, 0) is 29.8 Å². The molecule has 0 radical (unpaired) electrons. The second-order valence-electron chi connectivity index (χ2n) is 4.47. The molecule has 0 spiro atoms. The number of nitrogens with one attached hydrogen (secondary N) is 2. The zero-order valence-corrected chi connectivity index (χ0v) is 10.9. The number of hydrogen-bond donors (Lipinski definition) is 5. The molecular formula is C14H19N3O2. The Morgan fingerprint density at radius 2 is 2.21 bits per heavy atom. The van der Waals surface area contributed by atoms with E-state index in [0.717, 1.165) is 22.5 Å². The monoisotopic (exact) mass is 261 g/mol. The molecule has 5 heteroatoms. The zero-order chi connectivity index (χ0) is 13.8. The zero-order valence-electron chi connectivity index (χ0n) is 10.9. The molecule has 6 N–H and O–H groups in total. The molecular weight excluding hydrogens is 242 g/mol. The van der Waals surface area contributed by atoms with E-state index < -0.39 is 6.10 Å². The van der Waals surface area contributed by atoms with E-state index in [4.69, 9.17) is 10.8 Å². The fraction of sp³-hybridized carbons (Fsp3) is 0.286. The number of aromatic amines is 1. The van der Waals surface area contributed by atoms with Crippen LogP contribution in [0.4, 0.5) is 11.4 Å². The molecule has 1 aromatic heterocycles. The van der Waals surface area contributed by atoms with Crippen LogP contribution in [0.25, 0.3) is 11.3 Å². The predicted octanol–water partition coefficient (Wildman–Crippen LogP) is 1.20. The third-order valence-electron chi connectivity index (χ3n) is 3.08. The summed E-state index contributed by atoms with van der Waals surface area (Å²) in [5.74, 6) is 0. The van der Waals surface area contributed by atoms with E-state index in [9.17, 15) is 5.11 Å². The van der Waals surface area contributed by atoms with Crippen molar-refractivity contribution in [1.82, 2.24) is 4.98 Å². The number of hydrogen-bond acceptors (Lipinski definition) is 4. The maximum absolute atomic E-state index is 9.70. The highest BCUT2D eigenvalue weighted by atomic mass is 16.3. The van der Waals surface area contributed by atoms with Gasteiger partial charge in [0.25, 0.3) is 0 Å². The first-order valence-electron chi connectivity index (χ1n) is 6.18. The Morgan fingerprint density at radius 3 is 2.79 bits per heavy atom. The molecule has 1 aromatic carbocycles. The Morgan fingerprint density at radius 1 is 1.42 bits per heavy atom. The molecule has 0 aliphatic heterocycles. The van der Waals surface area contributed by atoms with E-state index in [1.807, 2.05) is 37.5 Å². The first-order valence-corrected chi connectivity index (χ1v) is 6.18. The van der Waals surface area contributed by atoms with Crippen molar-refractivity contribution in [3.63, 3.8) is 0 Å². The van der Waals surface area contributed by atoms with Crippen LogP contribution in [0.3, 0.4) is 0 Å². The summed E-state index contributed by atoms with van der Waals surface area (Å²) < 4.78 is 0. The van der Waals surface area contributed by atoms with Crippen molar-refractivity contribution >= 4 is 11.4 Å². The Kier molecular flexibility index (Phi) is 4.09. The van der Waals surface area contributed by atoms with Crippen LogP contribution in [-0.4, -0.2) is 35.0 Å². The van der Waals surface area contributed by atoms with Gasteiger partial charge in [-0.15, -0.1) is 0 Å². The van der Waals surface area contributed by atoms with Crippen LogP contribution in [0.2, 0.25) is 0 Å². The highest BCUT2D eigenvalue weighted by Gasteiger charge is 2.15. The van der Waals surface area contributed by atoms with Gasteiger partial charge in [0.1, 0.15) is 0 Å². The van der Waals surface area contributed by atoms with Crippen LogP contribution in [0.5, 0.6) is 0 Å². The molecule has 102 valence electrons. The van der Waals surface area contributed by atoms with Gasteiger partial charge >= 0.3 is 0 Å². The van der Waals surface area contributed by atoms with Crippen LogP contribution in [0.15, 0.2) is 30.5 Å². The maximum atomic E-state index is 9.70. The summed E-state index contributed by atoms with van der Waals surface area (Å²) in [5, 5.41) is 21.8. The number of nitrogen functional groups attached to an aromatic ring is 1. The van der Waals surface area contributed by atoms with Crippen LogP contribution in [0.1, 0.15) is 5.56 Å². The number of nitrogens with two attached hydrogens (primary N) is 1. The highest BCUT2D eigenvalue weighted by Crippen LogP contribution is 2.32. The summed E-state index contributed by atoms with van der Waals surface area (Å²) in [6.07, 6.45) is 1.41. The van der Waals surface area contributed by atoms with Crippen molar-refractivity contribution in [3.05, 3.63) is 36.0 Å². The molecule has 0 aliphatic carbocycles. The van der Waals surface area contributed by atoms with Gasteiger partial charge in [-0.25, -0.2) is 0 Å². The SMILES string of the molecule is CNc1cc(N)cc(-c2ccc[nH]2)c1CC(O)CO. The smallest absolute Gasteiger partial charge is 0.0812 e. The van der Waals surface area contributed by atoms with Crippen LogP contribution in [0, 0.1) is 0 Å². The lowest BCUT2D eigenvalue weighted by Gasteiger charge is -2.17. The lowest BCUT2D eigenvalue weighted by atomic mass is 9.96. The average Bonchev–Trinajstić information content (AvgIpc) is 2.93. The second-order valence-corrected chi connectivity index (χ2v) is 4.47. The minimum atomic E-state index is -0.788. The lowest BCUT2D eigenvalue weighted by molar-refractivity contribution is 0.0957. The predicted molar refractivity (Wildman–Crippen MR) is 77.0 cm³/mol. The Hall–Kier alpha value is -1.98. The number of H-pyrrole nitrogens is 1. The number of rotatable bonds is 5. The van der Waals surface area contributed by atoms with E-state index in [0.29, 0.717) is 12.1 Å². The second kappa shape index (κ2) is 5.77. The van der Waals surface area contributed by atoms with Crippen LogP contribution in [-0.2, 0) is 6.42 Å². The normalized spacial score (nSPS) is 12.4. The summed E-state index contributed by atoms with van der Waals surface area (Å²) in [5.41, 5.74) is 10.2. The number of aliphatic hydroxyl groups is 2. The quantitative estimate of drug-likeness (QED) is 0.523. The molecule has 1 heterocycles. The van der Waals surface area contributed by atoms with Crippen molar-refractivity contribution in [2.45, 2.75) is 12.5 Å². The first kappa shape index (κ1) is 13.5. The molecule has 2 aromatic rings. The molecule has 0 aliphatic rings. The molecule has 1 unspecified atom stereocenters. The number of aliphatic hydroxyl groups excluding tert-OH is 2. The van der Waals surface area contributed by atoms with Crippen molar-refractivity contribution in [3.8, 4) is 11.3 Å². The third-order valence-corrected chi connectivity index (χ3v) is 3.08. The van der Waals surface area contributed by atoms with Gasteiger partial charge in [0, 0.05) is 42.3 Å². The van der Waals surface area contributed by atoms with Crippen LogP contribution >= 0.6 is 0 Å². The Labute approximate surface area is 112 Å². The topological polar surface area (TPSA) is 94.3 Å². The highest BCUT2D eigenvalue weighted by molar-refractivity contribution is 5.76. The maximum Gasteiger partial charge on any atom is 0.0812 e. The molecule has 0 bridgehead atoms. The van der Waals surface area contributed by atoms with Gasteiger partial charge in [0.15, 0.2) is 0 Å². The average molecular weight is 261 g/mol. The van der Waals surface area contributed by atoms with E-state index in [-0.39, 0.29) is 6.61 Å². The first-order chi connectivity index (χ1) is 9.15. The van der Waals surface area contributed by atoms with Crippen molar-refractivity contribution in [2.75, 3.05) is 24.7 Å². The van der Waals surface area contributed by atoms with E-state index in [1.54, 1.807) is 0 Å². The number of benzene rings is 1. The molecule has 1 atom stereocenters. The molecule has 0 fully saturated rings. The standard InChI is InChI=1S/C14H19N3O2/c1-16-14-6-9(15)5-11(13-3-2-4-17-13)12(14)7-10(19)8-18/h2-6,10,16-19H,7-8,15H2,1H3. The summed E-state index contributed by atoms with van der Waals surface area (Å²) in [6, 6.07) is 7.55. The molecule has 0 saturated heterocycles. The Bertz CT molecular complexity index is 538. The van der Waals surface area contributed by atoms with Crippen LogP contribution < -0.4 is 11.1 Å². The van der Waals surface area contributed by atoms with Gasteiger partial charge in [-0.3, -0.25) is 0 Å². The summed E-state index contributed by atoms with van der Waals surface area (Å²) in [4.78, 5) is 3.14. The van der Waals surface area contributed by atoms with Crippen molar-refractivity contribution < 1.29 is 10.2 Å². The molecule has 2 rings (SSSR count). The van der Waals surface area contributed by atoms with Crippen molar-refractivity contribution in [1.29, 1.82) is 0 Å². The minimum Gasteiger partial charge on any atom is -0.399 e. The van der Waals surface area contributed by atoms with E-state index in [2.05, 4.69) is 10.3 Å². The van der Waals surface area contributed by atoms with E-state index in [1.165, 1.54) is 0 Å². The third kappa shape index (κ3) is 2.89. The summed E-state index contributed by atoms with van der Waals surface area (Å²) >= 11 is 0. The fourth-order valence-corrected chi connectivity index (χ4v) is 2.18. The summed E-state index contributed by atoms with van der Waals surface area (Å²) in [6.45, 7) is -0.266. The minimum absolute atomic E-state index is 0.266. The van der Waals surface area contributed by atoms with Gasteiger partial charge in [0.05, 0.1) is 12.7 Å². The largest absolute Gasteiger partial charge is 0.399 e. The van der Waals surface area contributed by atoms with Gasteiger partial charge in [-0.1, -0.05) is 0 Å². The molecule has 19 heavy (non-hydrogen) atoms.